The molecule has 0 radical (unpaired) electrons. The number of halogens is 2. The molecule has 35 heavy (non-hydrogen) atoms. The first-order valence-corrected chi connectivity index (χ1v) is 11.5. The molecule has 0 aliphatic carbocycles. The highest BCUT2D eigenvalue weighted by Crippen LogP contribution is 2.40. The Hall–Kier alpha value is -3.75. The van der Waals surface area contributed by atoms with Crippen LogP contribution in [-0.4, -0.2) is 48.6 Å². The Morgan fingerprint density at radius 2 is 1.91 bits per heavy atom. The van der Waals surface area contributed by atoms with E-state index in [1.54, 1.807) is 27.0 Å². The molecule has 7 nitrogen and oxygen atoms in total. The summed E-state index contributed by atoms with van der Waals surface area (Å²) in [5.74, 6) is -1.30. The number of hydrogen-bond donors (Lipinski definition) is 1. The third-order valence-electron chi connectivity index (χ3n) is 6.29. The van der Waals surface area contributed by atoms with Crippen LogP contribution in [0.4, 0.5) is 20.2 Å². The molecule has 0 bridgehead atoms. The lowest BCUT2D eigenvalue weighted by atomic mass is 9.87. The lowest BCUT2D eigenvalue weighted by Crippen LogP contribution is -2.36. The van der Waals surface area contributed by atoms with Crippen molar-refractivity contribution in [2.24, 2.45) is 0 Å². The molecule has 0 saturated carbocycles. The van der Waals surface area contributed by atoms with Crippen molar-refractivity contribution in [3.05, 3.63) is 59.3 Å². The maximum absolute atomic E-state index is 14.5. The van der Waals surface area contributed by atoms with Gasteiger partial charge in [-0.1, -0.05) is 0 Å². The molecular weight excluding hydrogens is 456 g/mol. The topological polar surface area (TPSA) is 80.8 Å². The van der Waals surface area contributed by atoms with Gasteiger partial charge in [-0.3, -0.25) is 9.78 Å². The highest BCUT2D eigenvalue weighted by atomic mass is 19.1. The number of hydrogen-bond acceptors (Lipinski definition) is 6. The number of amides is 1. The van der Waals surface area contributed by atoms with Gasteiger partial charge in [0.1, 0.15) is 22.9 Å². The number of esters is 1. The van der Waals surface area contributed by atoms with E-state index in [9.17, 15) is 18.4 Å². The largest absolute Gasteiger partial charge is 0.496 e. The minimum absolute atomic E-state index is 0.0107. The van der Waals surface area contributed by atoms with Crippen molar-refractivity contribution in [2.45, 2.75) is 32.6 Å². The number of piperidine rings is 1. The number of rotatable bonds is 6. The number of methoxy groups -OCH3 is 1. The van der Waals surface area contributed by atoms with E-state index < -0.39 is 17.6 Å². The number of nitrogens with zero attached hydrogens (tertiary/aromatic N) is 2. The predicted octanol–water partition coefficient (Wildman–Crippen LogP) is 5.17. The molecule has 0 spiro atoms. The van der Waals surface area contributed by atoms with E-state index in [0.29, 0.717) is 35.4 Å². The highest BCUT2D eigenvalue weighted by Gasteiger charge is 2.26. The number of anilines is 2. The summed E-state index contributed by atoms with van der Waals surface area (Å²) < 4.78 is 38.8. The van der Waals surface area contributed by atoms with Crippen LogP contribution in [0.1, 0.15) is 48.5 Å². The smallest absolute Gasteiger partial charge is 0.341 e. The van der Waals surface area contributed by atoms with Gasteiger partial charge in [-0.2, -0.15) is 0 Å². The average molecular weight is 484 g/mol. The van der Waals surface area contributed by atoms with Crippen molar-refractivity contribution in [1.82, 2.24) is 9.88 Å². The fraction of sp³-hybridized carbons (Fsp3) is 0.346. The van der Waals surface area contributed by atoms with E-state index in [-0.39, 0.29) is 29.7 Å². The summed E-state index contributed by atoms with van der Waals surface area (Å²) in [5, 5.41) is 3.54. The van der Waals surface area contributed by atoms with Gasteiger partial charge in [-0.05, 0) is 49.4 Å². The number of nitrogens with one attached hydrogen (secondary N) is 1. The number of fused-ring (bicyclic) bond motifs is 1. The third kappa shape index (κ3) is 5.03. The fourth-order valence-corrected chi connectivity index (χ4v) is 4.46. The van der Waals surface area contributed by atoms with Crippen LogP contribution < -0.4 is 10.1 Å². The summed E-state index contributed by atoms with van der Waals surface area (Å²) in [4.78, 5) is 30.7. The van der Waals surface area contributed by atoms with E-state index in [2.05, 4.69) is 10.3 Å². The molecule has 184 valence electrons. The van der Waals surface area contributed by atoms with Crippen LogP contribution in [-0.2, 0) is 9.53 Å². The van der Waals surface area contributed by atoms with E-state index in [0.717, 1.165) is 30.5 Å². The molecule has 0 atom stereocenters. The number of ether oxygens (including phenoxy) is 2. The summed E-state index contributed by atoms with van der Waals surface area (Å²) in [7, 11) is 1.58. The van der Waals surface area contributed by atoms with Crippen molar-refractivity contribution < 1.29 is 27.8 Å². The zero-order valence-corrected chi connectivity index (χ0v) is 19.9. The molecule has 1 aliphatic heterocycles. The van der Waals surface area contributed by atoms with E-state index in [1.807, 2.05) is 11.0 Å². The zero-order chi connectivity index (χ0) is 25.1. The van der Waals surface area contributed by atoms with Crippen molar-refractivity contribution in [3.8, 4) is 5.75 Å². The molecular formula is C26H27F2N3O4. The minimum atomic E-state index is -0.796. The molecule has 1 saturated heterocycles. The number of pyridine rings is 1. The fourth-order valence-electron chi connectivity index (χ4n) is 4.46. The lowest BCUT2D eigenvalue weighted by Gasteiger charge is -2.32. The lowest BCUT2D eigenvalue weighted by molar-refractivity contribution is -0.129. The van der Waals surface area contributed by atoms with Gasteiger partial charge in [-0.25, -0.2) is 13.6 Å². The van der Waals surface area contributed by atoms with Crippen LogP contribution in [0.2, 0.25) is 0 Å². The second-order valence-corrected chi connectivity index (χ2v) is 8.41. The summed E-state index contributed by atoms with van der Waals surface area (Å²) in [6.07, 6.45) is 2.87. The number of aromatic nitrogens is 1. The van der Waals surface area contributed by atoms with E-state index in [4.69, 9.17) is 9.47 Å². The summed E-state index contributed by atoms with van der Waals surface area (Å²) >= 11 is 0. The maximum atomic E-state index is 14.5. The maximum Gasteiger partial charge on any atom is 0.341 e. The van der Waals surface area contributed by atoms with Crippen LogP contribution in [0, 0.1) is 11.6 Å². The second kappa shape index (κ2) is 10.2. The van der Waals surface area contributed by atoms with Crippen LogP contribution in [0.3, 0.4) is 0 Å². The molecule has 2 aromatic carbocycles. The highest BCUT2D eigenvalue weighted by molar-refractivity contribution is 6.06. The Kier molecular flexibility index (Phi) is 7.14. The molecule has 2 heterocycles. The van der Waals surface area contributed by atoms with Crippen LogP contribution in [0.5, 0.6) is 5.75 Å². The van der Waals surface area contributed by atoms with Gasteiger partial charge in [0.05, 0.1) is 30.6 Å². The molecule has 4 rings (SSSR count). The van der Waals surface area contributed by atoms with Gasteiger partial charge in [0.2, 0.25) is 5.91 Å². The van der Waals surface area contributed by atoms with Crippen molar-refractivity contribution >= 4 is 34.2 Å². The van der Waals surface area contributed by atoms with E-state index in [1.165, 1.54) is 12.3 Å². The van der Waals surface area contributed by atoms with E-state index >= 15 is 0 Å². The van der Waals surface area contributed by atoms with Gasteiger partial charge in [0, 0.05) is 43.7 Å². The summed E-state index contributed by atoms with van der Waals surface area (Å²) in [6.45, 7) is 4.67. The molecule has 1 N–H and O–H groups in total. The van der Waals surface area contributed by atoms with Crippen molar-refractivity contribution in [1.29, 1.82) is 0 Å². The van der Waals surface area contributed by atoms with Crippen molar-refractivity contribution in [3.63, 3.8) is 0 Å². The molecule has 1 fully saturated rings. The SMILES string of the molecule is CCOC(=O)c1cnc2cc(OC)c(C3CCN(C(C)=O)CC3)cc2c1Nc1ccc(F)cc1F. The first kappa shape index (κ1) is 24.4. The second-order valence-electron chi connectivity index (χ2n) is 8.41. The first-order chi connectivity index (χ1) is 16.8. The standard InChI is InChI=1S/C26H27F2N3O4/c1-4-35-26(33)20-14-29-23-13-24(34-3)18(16-7-9-31(10-8-16)15(2)32)12-19(23)25(20)30-22-6-5-17(27)11-21(22)28/h5-6,11-14,16H,4,7-10H2,1-3H3,(H,29,30). The molecule has 1 aromatic heterocycles. The number of benzene rings is 2. The Balaban J connectivity index is 1.84. The minimum Gasteiger partial charge on any atom is -0.496 e. The average Bonchev–Trinajstić information content (AvgIpc) is 2.85. The Labute approximate surface area is 202 Å². The quantitative estimate of drug-likeness (QED) is 0.488. The van der Waals surface area contributed by atoms with Crippen LogP contribution in [0.15, 0.2) is 36.5 Å². The Bertz CT molecular complexity index is 1270. The van der Waals surface area contributed by atoms with Gasteiger partial charge in [-0.15, -0.1) is 0 Å². The van der Waals surface area contributed by atoms with Gasteiger partial charge >= 0.3 is 5.97 Å². The Morgan fingerprint density at radius 1 is 1.17 bits per heavy atom. The monoisotopic (exact) mass is 483 g/mol. The van der Waals surface area contributed by atoms with Crippen molar-refractivity contribution in [2.75, 3.05) is 32.1 Å². The number of likely N-dealkylation sites (tertiary alicyclic amines) is 1. The number of carbonyl (C=O) groups excluding carboxylic acids is 2. The third-order valence-corrected chi connectivity index (χ3v) is 6.29. The summed E-state index contributed by atoms with van der Waals surface area (Å²) in [5.41, 5.74) is 1.89. The first-order valence-electron chi connectivity index (χ1n) is 11.5. The number of carbonyl (C=O) groups is 2. The molecule has 0 unspecified atom stereocenters. The normalized spacial score (nSPS) is 14.1. The molecule has 1 aliphatic rings. The van der Waals surface area contributed by atoms with Crippen LogP contribution in [0.25, 0.3) is 10.9 Å². The van der Waals surface area contributed by atoms with Gasteiger partial charge in [0.25, 0.3) is 0 Å². The predicted molar refractivity (Wildman–Crippen MR) is 128 cm³/mol. The molecule has 3 aromatic rings. The molecule has 9 heteroatoms. The summed E-state index contributed by atoms with van der Waals surface area (Å²) in [6, 6.07) is 6.85. The van der Waals surface area contributed by atoms with Gasteiger partial charge in [0.15, 0.2) is 0 Å². The Morgan fingerprint density at radius 3 is 2.54 bits per heavy atom. The van der Waals surface area contributed by atoms with Gasteiger partial charge < -0.3 is 19.7 Å². The molecule has 1 amide bonds. The zero-order valence-electron chi connectivity index (χ0n) is 19.9. The van der Waals surface area contributed by atoms with Crippen LogP contribution >= 0.6 is 0 Å².